The minimum atomic E-state index is -0.812. The lowest BCUT2D eigenvalue weighted by atomic mass is 9.71. The number of carboxylic acid groups (broad SMARTS) is 1. The van der Waals surface area contributed by atoms with Crippen LogP contribution in [0.15, 0.2) is 24.3 Å². The number of rotatable bonds is 5. The molecule has 1 unspecified atom stereocenters. The second-order valence-corrected chi connectivity index (χ2v) is 9.32. The smallest absolute Gasteiger partial charge is 0.407 e. The Labute approximate surface area is 177 Å². The van der Waals surface area contributed by atoms with Crippen LogP contribution in [0.4, 0.5) is 4.79 Å². The third-order valence-corrected chi connectivity index (χ3v) is 6.93. The number of epoxide rings is 2. The summed E-state index contributed by atoms with van der Waals surface area (Å²) in [6, 6.07) is 0. The van der Waals surface area contributed by atoms with Gasteiger partial charge in [-0.1, -0.05) is 30.6 Å². The molecular weight excluding hydrogens is 368 g/mol. The van der Waals surface area contributed by atoms with Crippen molar-refractivity contribution >= 4 is 6.09 Å². The summed E-state index contributed by atoms with van der Waals surface area (Å²) in [4.78, 5) is 14.1. The first-order chi connectivity index (χ1) is 13.8. The van der Waals surface area contributed by atoms with Crippen LogP contribution < -0.4 is 0 Å². The summed E-state index contributed by atoms with van der Waals surface area (Å²) in [5.41, 5.74) is 1.71. The number of ether oxygens (including phenoxy) is 2. The average molecular weight is 409 g/mol. The van der Waals surface area contributed by atoms with E-state index < -0.39 is 6.09 Å². The molecule has 0 aromatic rings. The number of nitrogens with zero attached hydrogens (tertiary/aromatic N) is 2. The molecule has 1 amide bonds. The van der Waals surface area contributed by atoms with Crippen molar-refractivity contribution in [3.63, 3.8) is 0 Å². The molecule has 166 valence electrons. The molecule has 1 saturated carbocycles. The molecule has 29 heavy (non-hydrogen) atoms. The summed E-state index contributed by atoms with van der Waals surface area (Å²) in [6.07, 6.45) is 10.1. The Balaban J connectivity index is 0.000000220. The van der Waals surface area contributed by atoms with Gasteiger partial charge in [-0.25, -0.2) is 4.79 Å². The van der Waals surface area contributed by atoms with Crippen molar-refractivity contribution in [3.8, 4) is 0 Å². The molecule has 0 radical (unpaired) electrons. The highest BCUT2D eigenvalue weighted by Crippen LogP contribution is 2.58. The van der Waals surface area contributed by atoms with E-state index in [-0.39, 0.29) is 12.6 Å². The maximum atomic E-state index is 10.5. The van der Waals surface area contributed by atoms with Gasteiger partial charge in [-0.15, -0.1) is 6.58 Å². The number of amides is 1. The Bertz CT molecular complexity index is 625. The van der Waals surface area contributed by atoms with Crippen LogP contribution in [0.1, 0.15) is 54.3 Å². The number of hydrogen-bond acceptors (Lipinski definition) is 4. The molecule has 0 bridgehead atoms. The Morgan fingerprint density at radius 1 is 1.28 bits per heavy atom. The molecule has 1 N–H and O–H groups in total. The van der Waals surface area contributed by atoms with Gasteiger partial charge in [0.1, 0.15) is 0 Å². The largest absolute Gasteiger partial charge is 0.465 e. The third-order valence-electron chi connectivity index (χ3n) is 6.93. The van der Waals surface area contributed by atoms with Gasteiger partial charge in [0.05, 0.1) is 23.9 Å². The van der Waals surface area contributed by atoms with Crippen LogP contribution >= 0.6 is 0 Å². The highest BCUT2D eigenvalue weighted by molar-refractivity contribution is 5.65. The molecule has 4 atom stereocenters. The van der Waals surface area contributed by atoms with Gasteiger partial charge in [0.15, 0.2) is 0 Å². The van der Waals surface area contributed by atoms with E-state index >= 15 is 0 Å². The van der Waals surface area contributed by atoms with Crippen LogP contribution in [0.3, 0.4) is 0 Å². The minimum Gasteiger partial charge on any atom is -0.465 e. The quantitative estimate of drug-likeness (QED) is 0.546. The summed E-state index contributed by atoms with van der Waals surface area (Å²) in [5.74, 6) is 0.638. The van der Waals surface area contributed by atoms with Crippen LogP contribution in [-0.4, -0.2) is 77.6 Å². The van der Waals surface area contributed by atoms with Gasteiger partial charge in [-0.3, -0.25) is 4.90 Å². The monoisotopic (exact) mass is 408 g/mol. The van der Waals surface area contributed by atoms with E-state index in [1.807, 2.05) is 6.08 Å². The van der Waals surface area contributed by atoms with Crippen molar-refractivity contribution in [2.24, 2.45) is 5.92 Å². The SMILES string of the molecule is C=CCN1CCN(C(=O)O)CC1.CC(C)=CC[C@H]1O[C@]1(C)C1CCCC[C@]12CO2.[HH]. The fourth-order valence-corrected chi connectivity index (χ4v) is 4.97. The van der Waals surface area contributed by atoms with Crippen molar-refractivity contribution in [2.45, 2.75) is 70.2 Å². The normalized spacial score (nSPS) is 36.0. The van der Waals surface area contributed by atoms with Gasteiger partial charge in [0.25, 0.3) is 0 Å². The molecule has 1 spiro atoms. The molecule has 0 aromatic heterocycles. The molecule has 4 fully saturated rings. The first-order valence-electron chi connectivity index (χ1n) is 11.1. The standard InChI is InChI=1S/C15H24O2.C8H14N2O2.H2/c1-11(2)7-8-13-14(3,17-13)12-6-4-5-9-15(12)10-16-15;1-2-3-9-4-6-10(7-5-9)8(11)12;/h7,12-13H,4-6,8-10H2,1-3H3;2H,1,3-7H2,(H,11,12);1H/t12?,13-,14-,15+;;/m1../s1. The number of allylic oxidation sites excluding steroid dienone is 1. The average Bonchev–Trinajstić information content (AvgIpc) is 3.60. The maximum Gasteiger partial charge on any atom is 0.407 e. The summed E-state index contributed by atoms with van der Waals surface area (Å²) in [5, 5.41) is 8.64. The molecule has 1 aliphatic carbocycles. The van der Waals surface area contributed by atoms with Crippen LogP contribution in [0.25, 0.3) is 0 Å². The Morgan fingerprint density at radius 3 is 2.52 bits per heavy atom. The summed E-state index contributed by atoms with van der Waals surface area (Å²) >= 11 is 0. The van der Waals surface area contributed by atoms with Gasteiger partial charge < -0.3 is 19.5 Å². The van der Waals surface area contributed by atoms with E-state index in [1.165, 1.54) is 36.2 Å². The Morgan fingerprint density at radius 2 is 1.97 bits per heavy atom. The zero-order valence-corrected chi connectivity index (χ0v) is 18.4. The molecule has 0 aromatic carbocycles. The van der Waals surface area contributed by atoms with Crippen molar-refractivity contribution in [1.82, 2.24) is 9.80 Å². The van der Waals surface area contributed by atoms with E-state index in [9.17, 15) is 4.79 Å². The molecular formula is C23H40N2O4. The summed E-state index contributed by atoms with van der Waals surface area (Å²) in [6.45, 7) is 15.0. The second-order valence-electron chi connectivity index (χ2n) is 9.32. The Hall–Kier alpha value is -1.37. The lowest BCUT2D eigenvalue weighted by molar-refractivity contribution is 0.0886. The van der Waals surface area contributed by atoms with Crippen molar-refractivity contribution in [1.29, 1.82) is 0 Å². The molecule has 3 heterocycles. The highest BCUT2D eigenvalue weighted by atomic mass is 16.6. The molecule has 6 nitrogen and oxygen atoms in total. The van der Waals surface area contributed by atoms with Gasteiger partial charge >= 0.3 is 6.09 Å². The zero-order valence-electron chi connectivity index (χ0n) is 18.4. The predicted molar refractivity (Wildman–Crippen MR) is 116 cm³/mol. The summed E-state index contributed by atoms with van der Waals surface area (Å²) < 4.78 is 11.8. The lowest BCUT2D eigenvalue weighted by Crippen LogP contribution is -2.48. The fourth-order valence-electron chi connectivity index (χ4n) is 4.97. The second kappa shape index (κ2) is 9.19. The zero-order chi connectivity index (χ0) is 21.1. The Kier molecular flexibility index (Phi) is 7.07. The number of piperazine rings is 1. The first kappa shape index (κ1) is 22.3. The van der Waals surface area contributed by atoms with Gasteiger partial charge in [-0.2, -0.15) is 0 Å². The van der Waals surface area contributed by atoms with E-state index in [2.05, 4.69) is 38.3 Å². The highest BCUT2D eigenvalue weighted by Gasteiger charge is 2.67. The number of hydrogen-bond donors (Lipinski definition) is 1. The summed E-state index contributed by atoms with van der Waals surface area (Å²) in [7, 11) is 0. The predicted octanol–water partition coefficient (Wildman–Crippen LogP) is 4.17. The molecule has 3 aliphatic heterocycles. The van der Waals surface area contributed by atoms with E-state index in [4.69, 9.17) is 14.6 Å². The number of carbonyl (C=O) groups is 1. The van der Waals surface area contributed by atoms with Gasteiger partial charge in [0, 0.05) is 40.1 Å². The van der Waals surface area contributed by atoms with Crippen molar-refractivity contribution in [3.05, 3.63) is 24.3 Å². The van der Waals surface area contributed by atoms with Crippen LogP contribution in [-0.2, 0) is 9.47 Å². The lowest BCUT2D eigenvalue weighted by Gasteiger charge is -2.32. The van der Waals surface area contributed by atoms with E-state index in [1.54, 1.807) is 0 Å². The fraction of sp³-hybridized carbons (Fsp3) is 0.783. The van der Waals surface area contributed by atoms with Crippen LogP contribution in [0, 0.1) is 5.92 Å². The topological polar surface area (TPSA) is 68.8 Å². The van der Waals surface area contributed by atoms with E-state index in [0.717, 1.165) is 32.7 Å². The molecule has 4 rings (SSSR count). The van der Waals surface area contributed by atoms with E-state index in [0.29, 0.717) is 25.1 Å². The third kappa shape index (κ3) is 5.41. The molecule has 3 saturated heterocycles. The van der Waals surface area contributed by atoms with Crippen LogP contribution in [0.5, 0.6) is 0 Å². The first-order valence-corrected chi connectivity index (χ1v) is 11.1. The maximum absolute atomic E-state index is 10.5. The molecule has 4 aliphatic rings. The van der Waals surface area contributed by atoms with Gasteiger partial charge in [-0.05, 0) is 40.0 Å². The molecule has 6 heteroatoms. The van der Waals surface area contributed by atoms with Gasteiger partial charge in [0.2, 0.25) is 0 Å². The van der Waals surface area contributed by atoms with Crippen molar-refractivity contribution in [2.75, 3.05) is 39.3 Å². The van der Waals surface area contributed by atoms with Crippen molar-refractivity contribution < 1.29 is 20.8 Å². The van der Waals surface area contributed by atoms with Crippen LogP contribution in [0.2, 0.25) is 0 Å². The minimum absolute atomic E-state index is 0.